The van der Waals surface area contributed by atoms with Crippen LogP contribution in [0, 0.1) is 71.6 Å². The molecule has 176 valence electrons. The lowest BCUT2D eigenvalue weighted by Crippen LogP contribution is -1.94. The molecule has 5 rings (SSSR count). The Hall–Kier alpha value is -7.20. The summed E-state index contributed by atoms with van der Waals surface area (Å²) in [5, 5.41) is 38.7. The molecule has 40 heavy (non-hydrogen) atoms. The second kappa shape index (κ2) is 9.35. The van der Waals surface area contributed by atoms with Gasteiger partial charge < -0.3 is 0 Å². The fourth-order valence-electron chi connectivity index (χ4n) is 5.08. The van der Waals surface area contributed by atoms with Gasteiger partial charge in [0.1, 0.15) is 12.1 Å². The lowest BCUT2D eigenvalue weighted by molar-refractivity contribution is 1.41. The molecule has 0 aliphatic heterocycles. The topological polar surface area (TPSA) is 113 Å². The van der Waals surface area contributed by atoms with Crippen LogP contribution in [-0.4, -0.2) is 0 Å². The molecule has 0 saturated carbocycles. The van der Waals surface area contributed by atoms with Crippen molar-refractivity contribution < 1.29 is 0 Å². The standard InChI is InChI=1S/C32H8N8/c1-37-20-6-8-22-21-7-5-17(9-23(21)30(25(22)12-20)27(15-35)38-2)29-31(28(16-36)39-3)24-10-18(13-33)19(14-34)11-26(24)32(29)40-4/h5-12H/b30-27-,31-28-. The number of rotatable bonds is 1. The Morgan fingerprint density at radius 2 is 1.12 bits per heavy atom. The minimum Gasteiger partial charge on any atom is -0.238 e. The van der Waals surface area contributed by atoms with Crippen molar-refractivity contribution in [3.05, 3.63) is 145 Å². The van der Waals surface area contributed by atoms with Crippen LogP contribution in [0.1, 0.15) is 38.9 Å². The molecule has 0 radical (unpaired) electrons. The van der Waals surface area contributed by atoms with Crippen LogP contribution in [0.25, 0.3) is 52.9 Å². The summed E-state index contributed by atoms with van der Waals surface area (Å²) in [7, 11) is 0. The molecule has 8 nitrogen and oxygen atoms in total. The van der Waals surface area contributed by atoms with Crippen molar-refractivity contribution in [3.8, 4) is 35.4 Å². The van der Waals surface area contributed by atoms with Gasteiger partial charge in [-0.2, -0.15) is 10.5 Å². The van der Waals surface area contributed by atoms with E-state index in [1.807, 2.05) is 24.3 Å². The van der Waals surface area contributed by atoms with E-state index in [1.54, 1.807) is 36.4 Å². The average molecular weight is 504 g/mol. The van der Waals surface area contributed by atoms with Crippen molar-refractivity contribution in [1.82, 2.24) is 0 Å². The van der Waals surface area contributed by atoms with E-state index in [0.29, 0.717) is 39.1 Å². The van der Waals surface area contributed by atoms with Gasteiger partial charge in [0.25, 0.3) is 11.4 Å². The summed E-state index contributed by atoms with van der Waals surface area (Å²) < 4.78 is 0. The first-order chi connectivity index (χ1) is 19.5. The highest BCUT2D eigenvalue weighted by Gasteiger charge is 2.34. The molecular weight excluding hydrogens is 496 g/mol. The highest BCUT2D eigenvalue weighted by atomic mass is 14.7. The Kier molecular flexibility index (Phi) is 5.73. The number of fused-ring (bicyclic) bond motifs is 4. The zero-order chi connectivity index (χ0) is 28.6. The van der Waals surface area contributed by atoms with Gasteiger partial charge in [0.15, 0.2) is 5.69 Å². The Labute approximate surface area is 229 Å². The zero-order valence-corrected chi connectivity index (χ0v) is 20.2. The molecule has 0 heterocycles. The summed E-state index contributed by atoms with van der Waals surface area (Å²) >= 11 is 0. The molecule has 0 N–H and O–H groups in total. The van der Waals surface area contributed by atoms with Crippen molar-refractivity contribution in [3.63, 3.8) is 0 Å². The Morgan fingerprint density at radius 3 is 1.68 bits per heavy atom. The maximum absolute atomic E-state index is 9.82. The lowest BCUT2D eigenvalue weighted by atomic mass is 9.91. The van der Waals surface area contributed by atoms with Gasteiger partial charge in [0.2, 0.25) is 5.70 Å². The summed E-state index contributed by atoms with van der Waals surface area (Å²) in [6.07, 6.45) is 0. The Morgan fingerprint density at radius 1 is 0.575 bits per heavy atom. The van der Waals surface area contributed by atoms with Crippen LogP contribution in [0.5, 0.6) is 0 Å². The second-order valence-electron chi connectivity index (χ2n) is 8.50. The molecule has 2 aliphatic carbocycles. The molecule has 0 atom stereocenters. The van der Waals surface area contributed by atoms with Gasteiger partial charge >= 0.3 is 0 Å². The number of nitriles is 4. The summed E-state index contributed by atoms with van der Waals surface area (Å²) in [6, 6.07) is 20.8. The fourth-order valence-corrected chi connectivity index (χ4v) is 5.08. The van der Waals surface area contributed by atoms with Crippen LogP contribution in [-0.2, 0) is 0 Å². The summed E-state index contributed by atoms with van der Waals surface area (Å²) in [5.41, 5.74) is 4.55. The van der Waals surface area contributed by atoms with Crippen molar-refractivity contribution in [2.75, 3.05) is 0 Å². The van der Waals surface area contributed by atoms with Crippen molar-refractivity contribution in [1.29, 1.82) is 21.0 Å². The van der Waals surface area contributed by atoms with E-state index in [4.69, 9.17) is 26.3 Å². The average Bonchev–Trinajstić information content (AvgIpc) is 3.49. The molecule has 0 fully saturated rings. The molecule has 0 aromatic heterocycles. The van der Waals surface area contributed by atoms with E-state index >= 15 is 0 Å². The first kappa shape index (κ1) is 24.5. The second-order valence-corrected chi connectivity index (χ2v) is 8.50. The highest BCUT2D eigenvalue weighted by molar-refractivity contribution is 6.24. The van der Waals surface area contributed by atoms with Gasteiger partial charge in [-0.25, -0.2) is 29.9 Å². The quantitative estimate of drug-likeness (QED) is 0.203. The molecular formula is C32H8N8. The molecule has 8 heteroatoms. The van der Waals surface area contributed by atoms with Crippen molar-refractivity contribution in [2.45, 2.75) is 0 Å². The van der Waals surface area contributed by atoms with Crippen LogP contribution >= 0.6 is 0 Å². The van der Waals surface area contributed by atoms with Gasteiger partial charge in [0.05, 0.1) is 49.6 Å². The van der Waals surface area contributed by atoms with Crippen LogP contribution in [0.15, 0.2) is 59.9 Å². The first-order valence-electron chi connectivity index (χ1n) is 11.3. The minimum absolute atomic E-state index is 0.0487. The van der Waals surface area contributed by atoms with E-state index in [9.17, 15) is 21.0 Å². The predicted molar refractivity (Wildman–Crippen MR) is 145 cm³/mol. The predicted octanol–water partition coefficient (Wildman–Crippen LogP) is 7.12. The third-order valence-corrected chi connectivity index (χ3v) is 6.70. The number of hydrogen-bond donors (Lipinski definition) is 0. The molecule has 2 aliphatic rings. The number of allylic oxidation sites excluding steroid dienone is 4. The number of hydrogen-bond acceptors (Lipinski definition) is 4. The maximum Gasteiger partial charge on any atom is 0.270 e. The number of nitrogens with zero attached hydrogens (tertiary/aromatic N) is 8. The summed E-state index contributed by atoms with van der Waals surface area (Å²) in [5.74, 6) is 0. The van der Waals surface area contributed by atoms with E-state index < -0.39 is 0 Å². The molecule has 0 unspecified atom stereocenters. The summed E-state index contributed by atoms with van der Waals surface area (Å²) in [6.45, 7) is 30.6. The third kappa shape index (κ3) is 3.32. The normalized spacial score (nSPS) is 14.3. The van der Waals surface area contributed by atoms with Crippen LogP contribution in [0.3, 0.4) is 0 Å². The molecule has 0 bridgehead atoms. The van der Waals surface area contributed by atoms with Crippen molar-refractivity contribution in [2.24, 2.45) is 0 Å². The Balaban J connectivity index is 1.88. The zero-order valence-electron chi connectivity index (χ0n) is 20.2. The van der Waals surface area contributed by atoms with Gasteiger partial charge in [-0.3, -0.25) is 0 Å². The summed E-state index contributed by atoms with van der Waals surface area (Å²) in [4.78, 5) is 14.0. The highest BCUT2D eigenvalue weighted by Crippen LogP contribution is 2.52. The minimum atomic E-state index is -0.288. The van der Waals surface area contributed by atoms with Crippen LogP contribution in [0.2, 0.25) is 0 Å². The van der Waals surface area contributed by atoms with Gasteiger partial charge in [0, 0.05) is 5.57 Å². The van der Waals surface area contributed by atoms with E-state index in [-0.39, 0.29) is 39.4 Å². The van der Waals surface area contributed by atoms with E-state index in [2.05, 4.69) is 19.4 Å². The van der Waals surface area contributed by atoms with E-state index in [1.165, 1.54) is 12.1 Å². The SMILES string of the molecule is [C-]#[N+]C1=C(c2ccc3c(c2)/C(=C(\C#N)[N+]#[C-])c2cc([N+]#[C-])ccc2-3)/C(=C(/C#N)[N+]#[C-])c2cc(C#N)c(C#N)cc21. The van der Waals surface area contributed by atoms with Crippen molar-refractivity contribution >= 4 is 28.1 Å². The molecule has 3 aromatic carbocycles. The smallest absolute Gasteiger partial charge is 0.238 e. The largest absolute Gasteiger partial charge is 0.270 e. The van der Waals surface area contributed by atoms with Gasteiger partial charge in [-0.05, 0) is 74.4 Å². The van der Waals surface area contributed by atoms with Gasteiger partial charge in [-0.15, -0.1) is 0 Å². The monoisotopic (exact) mass is 504 g/mol. The lowest BCUT2D eigenvalue weighted by Gasteiger charge is -2.12. The molecule has 0 saturated heterocycles. The number of benzene rings is 3. The van der Waals surface area contributed by atoms with Crippen LogP contribution < -0.4 is 0 Å². The Bertz CT molecular complexity index is 2150. The fraction of sp³-hybridized carbons (Fsp3) is 0. The molecule has 0 spiro atoms. The molecule has 0 amide bonds. The first-order valence-corrected chi connectivity index (χ1v) is 11.3. The molecule has 3 aromatic rings. The van der Waals surface area contributed by atoms with Crippen LogP contribution in [0.4, 0.5) is 5.69 Å². The van der Waals surface area contributed by atoms with E-state index in [0.717, 1.165) is 11.1 Å². The van der Waals surface area contributed by atoms with Gasteiger partial charge in [-0.1, -0.05) is 24.3 Å². The third-order valence-electron chi connectivity index (χ3n) is 6.70. The maximum atomic E-state index is 9.82.